The fourth-order valence-electron chi connectivity index (χ4n) is 4.22. The number of halogens is 1. The summed E-state index contributed by atoms with van der Waals surface area (Å²) in [6.45, 7) is 4.92. The van der Waals surface area contributed by atoms with Crippen LogP contribution in [0.25, 0.3) is 11.0 Å². The zero-order chi connectivity index (χ0) is 22.8. The van der Waals surface area contributed by atoms with E-state index in [1.807, 2.05) is 43.3 Å². The molecule has 5 rings (SSSR count). The number of nitrogens with one attached hydrogen (secondary N) is 1. The number of ether oxygens (including phenoxy) is 1. The highest BCUT2D eigenvalue weighted by Crippen LogP contribution is 2.37. The highest BCUT2D eigenvalue weighted by molar-refractivity contribution is 7.16. The fourth-order valence-corrected chi connectivity index (χ4v) is 5.46. The zero-order valence-corrected chi connectivity index (χ0v) is 20.3. The van der Waals surface area contributed by atoms with E-state index in [-0.39, 0.29) is 24.1 Å². The average molecular weight is 494 g/mol. The lowest BCUT2D eigenvalue weighted by Gasteiger charge is -2.26. The molecule has 8 heteroatoms. The summed E-state index contributed by atoms with van der Waals surface area (Å²) >= 11 is 1.48. The van der Waals surface area contributed by atoms with Gasteiger partial charge in [-0.05, 0) is 36.6 Å². The van der Waals surface area contributed by atoms with Crippen LogP contribution >= 0.6 is 23.7 Å². The average Bonchev–Trinajstić information content (AvgIpc) is 3.41. The summed E-state index contributed by atoms with van der Waals surface area (Å²) in [5, 5.41) is 14.1. The number of fused-ring (bicyclic) bond motifs is 2. The Labute approximate surface area is 208 Å². The summed E-state index contributed by atoms with van der Waals surface area (Å²) in [7, 11) is 0. The highest BCUT2D eigenvalue weighted by Gasteiger charge is 2.26. The van der Waals surface area contributed by atoms with Gasteiger partial charge in [0.1, 0.15) is 11.1 Å². The molecule has 0 bridgehead atoms. The Morgan fingerprint density at radius 2 is 2.06 bits per heavy atom. The number of hydrogen-bond acceptors (Lipinski definition) is 6. The Bertz CT molecular complexity index is 1360. The Balaban J connectivity index is 0.00000274. The van der Waals surface area contributed by atoms with Gasteiger partial charge >= 0.3 is 0 Å². The number of carbonyl (C=O) groups is 1. The van der Waals surface area contributed by atoms with Crippen molar-refractivity contribution in [3.05, 3.63) is 81.9 Å². The molecule has 2 aromatic carbocycles. The van der Waals surface area contributed by atoms with Crippen molar-refractivity contribution >= 4 is 45.6 Å². The number of para-hydroxylation sites is 1. The highest BCUT2D eigenvalue weighted by atomic mass is 35.5. The predicted octanol–water partition coefficient (Wildman–Crippen LogP) is 6.00. The second-order valence-corrected chi connectivity index (χ2v) is 9.04. The lowest BCUT2D eigenvalue weighted by Crippen LogP contribution is -2.29. The Morgan fingerprint density at radius 1 is 1.24 bits per heavy atom. The smallest absolute Gasteiger partial charge is 0.292 e. The molecular weight excluding hydrogens is 470 g/mol. The summed E-state index contributed by atoms with van der Waals surface area (Å²) in [6.07, 6.45) is 0.791. The molecule has 1 aliphatic heterocycles. The lowest BCUT2D eigenvalue weighted by atomic mass is 10.0. The van der Waals surface area contributed by atoms with Gasteiger partial charge in [-0.15, -0.1) is 23.7 Å². The summed E-state index contributed by atoms with van der Waals surface area (Å²) in [5.41, 5.74) is 3.43. The van der Waals surface area contributed by atoms with Gasteiger partial charge in [0.15, 0.2) is 17.1 Å². The second-order valence-electron chi connectivity index (χ2n) is 7.94. The number of amides is 1. The summed E-state index contributed by atoms with van der Waals surface area (Å²) in [4.78, 5) is 16.5. The summed E-state index contributed by atoms with van der Waals surface area (Å²) in [5.74, 6) is 0.430. The molecular formula is C26H24ClN3O3S. The molecule has 0 spiro atoms. The molecule has 0 saturated carbocycles. The first-order valence-electron chi connectivity index (χ1n) is 10.9. The van der Waals surface area contributed by atoms with Crippen molar-refractivity contribution in [3.8, 4) is 11.8 Å². The van der Waals surface area contributed by atoms with Gasteiger partial charge < -0.3 is 14.5 Å². The van der Waals surface area contributed by atoms with Gasteiger partial charge in [-0.3, -0.25) is 9.69 Å². The quantitative estimate of drug-likeness (QED) is 0.356. The van der Waals surface area contributed by atoms with Gasteiger partial charge in [0.25, 0.3) is 5.91 Å². The Kier molecular flexibility index (Phi) is 7.23. The molecule has 0 radical (unpaired) electrons. The molecule has 4 aromatic rings. The lowest BCUT2D eigenvalue weighted by molar-refractivity contribution is 0.0999. The number of hydrogen-bond donors (Lipinski definition) is 1. The molecule has 0 fully saturated rings. The third kappa shape index (κ3) is 4.66. The molecule has 174 valence electrons. The molecule has 0 saturated heterocycles. The Morgan fingerprint density at radius 3 is 2.82 bits per heavy atom. The molecule has 1 aliphatic rings. The van der Waals surface area contributed by atoms with Crippen LogP contribution in [0.15, 0.2) is 59.0 Å². The monoisotopic (exact) mass is 493 g/mol. The van der Waals surface area contributed by atoms with Crippen molar-refractivity contribution in [1.29, 1.82) is 5.26 Å². The van der Waals surface area contributed by atoms with E-state index < -0.39 is 0 Å². The van der Waals surface area contributed by atoms with Crippen molar-refractivity contribution in [2.24, 2.45) is 0 Å². The van der Waals surface area contributed by atoms with Gasteiger partial charge in [-0.25, -0.2) is 0 Å². The zero-order valence-electron chi connectivity index (χ0n) is 18.7. The maximum absolute atomic E-state index is 13.0. The molecule has 1 amide bonds. The molecule has 0 atom stereocenters. The minimum Gasteiger partial charge on any atom is -0.490 e. The van der Waals surface area contributed by atoms with Crippen LogP contribution in [0, 0.1) is 11.3 Å². The van der Waals surface area contributed by atoms with Gasteiger partial charge in [0.05, 0.1) is 12.2 Å². The maximum atomic E-state index is 13.0. The molecule has 34 heavy (non-hydrogen) atoms. The molecule has 2 aromatic heterocycles. The van der Waals surface area contributed by atoms with Gasteiger partial charge in [0.2, 0.25) is 0 Å². The molecule has 1 N–H and O–H groups in total. The molecule has 0 unspecified atom stereocenters. The number of carbonyl (C=O) groups excluding carboxylic acids is 1. The topological polar surface area (TPSA) is 78.5 Å². The number of rotatable bonds is 6. The third-order valence-corrected chi connectivity index (χ3v) is 6.89. The predicted molar refractivity (Wildman–Crippen MR) is 136 cm³/mol. The summed E-state index contributed by atoms with van der Waals surface area (Å²) in [6, 6.07) is 19.9. The van der Waals surface area contributed by atoms with E-state index in [1.54, 1.807) is 6.07 Å². The van der Waals surface area contributed by atoms with E-state index in [1.165, 1.54) is 16.9 Å². The molecule has 0 aliphatic carbocycles. The van der Waals surface area contributed by atoms with Crippen molar-refractivity contribution in [3.63, 3.8) is 0 Å². The minimum absolute atomic E-state index is 0. The number of benzene rings is 2. The van der Waals surface area contributed by atoms with E-state index in [2.05, 4.69) is 28.4 Å². The standard InChI is InChI=1S/C26H23N3O3S.ClH/c1-2-31-21-10-6-9-18-13-22(32-24(18)21)25(30)28-26-20(14-27)19-11-12-29(16-23(19)33-26)15-17-7-4-3-5-8-17;/h3-10,13H,2,11-12,15-16H2,1H3,(H,28,30);1H. The third-order valence-electron chi connectivity index (χ3n) is 5.76. The van der Waals surface area contributed by atoms with Crippen LogP contribution in [0.3, 0.4) is 0 Å². The van der Waals surface area contributed by atoms with Crippen LogP contribution in [0.1, 0.15) is 39.0 Å². The largest absolute Gasteiger partial charge is 0.490 e. The molecule has 6 nitrogen and oxygen atoms in total. The number of furan rings is 1. The summed E-state index contributed by atoms with van der Waals surface area (Å²) < 4.78 is 11.4. The van der Waals surface area contributed by atoms with E-state index >= 15 is 0 Å². The SMILES string of the molecule is CCOc1cccc2cc(C(=O)Nc3sc4c(c3C#N)CCN(Cc3ccccc3)C4)oc12.Cl. The first-order chi connectivity index (χ1) is 16.2. The van der Waals surface area contributed by atoms with Crippen LogP contribution in [-0.4, -0.2) is 24.0 Å². The van der Waals surface area contributed by atoms with E-state index in [9.17, 15) is 10.1 Å². The maximum Gasteiger partial charge on any atom is 0.292 e. The Hall–Kier alpha value is -3.31. The number of nitrogens with zero attached hydrogens (tertiary/aromatic N) is 2. The van der Waals surface area contributed by atoms with Crippen LogP contribution < -0.4 is 10.1 Å². The van der Waals surface area contributed by atoms with Crippen molar-refractivity contribution in [2.75, 3.05) is 18.5 Å². The molecule has 3 heterocycles. The van der Waals surface area contributed by atoms with Gasteiger partial charge in [-0.2, -0.15) is 5.26 Å². The van der Waals surface area contributed by atoms with Crippen molar-refractivity contribution < 1.29 is 13.9 Å². The van der Waals surface area contributed by atoms with Crippen LogP contribution in [-0.2, 0) is 19.5 Å². The van der Waals surface area contributed by atoms with E-state index in [0.717, 1.165) is 41.9 Å². The number of anilines is 1. The van der Waals surface area contributed by atoms with Crippen molar-refractivity contribution in [1.82, 2.24) is 4.90 Å². The van der Waals surface area contributed by atoms with Crippen LogP contribution in [0.5, 0.6) is 5.75 Å². The number of thiophene rings is 1. The van der Waals surface area contributed by atoms with Crippen LogP contribution in [0.2, 0.25) is 0 Å². The van der Waals surface area contributed by atoms with Crippen molar-refractivity contribution in [2.45, 2.75) is 26.4 Å². The minimum atomic E-state index is -0.370. The normalized spacial score (nSPS) is 13.1. The fraction of sp³-hybridized carbons (Fsp3) is 0.231. The van der Waals surface area contributed by atoms with Gasteiger partial charge in [0, 0.05) is 29.9 Å². The number of nitriles is 1. The van der Waals surface area contributed by atoms with Crippen LogP contribution in [0.4, 0.5) is 5.00 Å². The van der Waals surface area contributed by atoms with Gasteiger partial charge in [-0.1, -0.05) is 42.5 Å². The van der Waals surface area contributed by atoms with E-state index in [4.69, 9.17) is 9.15 Å². The first-order valence-corrected chi connectivity index (χ1v) is 11.8. The first kappa shape index (κ1) is 23.8. The second kappa shape index (κ2) is 10.3. The van der Waals surface area contributed by atoms with E-state index in [0.29, 0.717) is 28.5 Å².